The van der Waals surface area contributed by atoms with Crippen molar-refractivity contribution >= 4 is 5.97 Å². The molecule has 4 heteroatoms. The van der Waals surface area contributed by atoms with Crippen LogP contribution in [0.1, 0.15) is 11.1 Å². The minimum Gasteiger partial charge on any atom is -0.482 e. The number of carboxylic acids is 1. The molecule has 0 aromatic heterocycles. The van der Waals surface area contributed by atoms with E-state index in [1.165, 1.54) is 0 Å². The number of aliphatic carboxylic acids is 1. The predicted molar refractivity (Wildman–Crippen MR) is 49.1 cm³/mol. The molecule has 0 atom stereocenters. The summed E-state index contributed by atoms with van der Waals surface area (Å²) < 4.78 is 17.3. The zero-order valence-electron chi connectivity index (χ0n) is 7.79. The summed E-state index contributed by atoms with van der Waals surface area (Å²) in [6, 6.07) is 4.97. The largest absolute Gasteiger partial charge is 0.482 e. The van der Waals surface area contributed by atoms with Gasteiger partial charge in [0.05, 0.1) is 0 Å². The van der Waals surface area contributed by atoms with Gasteiger partial charge in [-0.25, -0.2) is 9.18 Å². The van der Waals surface area contributed by atoms with E-state index in [1.807, 2.05) is 6.92 Å². The van der Waals surface area contributed by atoms with Gasteiger partial charge < -0.3 is 9.84 Å². The Morgan fingerprint density at radius 3 is 2.86 bits per heavy atom. The predicted octanol–water partition coefficient (Wildman–Crippen LogP) is 1.93. The number of alkyl halides is 1. The van der Waals surface area contributed by atoms with E-state index in [0.717, 1.165) is 5.56 Å². The van der Waals surface area contributed by atoms with Gasteiger partial charge in [0.1, 0.15) is 12.4 Å². The van der Waals surface area contributed by atoms with Crippen LogP contribution in [0, 0.1) is 6.92 Å². The number of halogens is 1. The summed E-state index contributed by atoms with van der Waals surface area (Å²) in [5.74, 6) is -0.772. The third-order valence-corrected chi connectivity index (χ3v) is 1.72. The molecule has 0 spiro atoms. The fourth-order valence-corrected chi connectivity index (χ4v) is 1.05. The van der Waals surface area contributed by atoms with Gasteiger partial charge >= 0.3 is 5.97 Å². The highest BCUT2D eigenvalue weighted by molar-refractivity contribution is 5.68. The quantitative estimate of drug-likeness (QED) is 0.804. The Labute approximate surface area is 81.1 Å². The molecule has 1 aromatic rings. The number of benzene rings is 1. The van der Waals surface area contributed by atoms with Gasteiger partial charge in [0.25, 0.3) is 0 Å². The third-order valence-electron chi connectivity index (χ3n) is 1.72. The molecule has 0 unspecified atom stereocenters. The summed E-state index contributed by atoms with van der Waals surface area (Å²) in [4.78, 5) is 10.2. The molecule has 0 bridgehead atoms. The molecule has 0 saturated carbocycles. The van der Waals surface area contributed by atoms with E-state index in [9.17, 15) is 9.18 Å². The molecule has 76 valence electrons. The first-order valence-electron chi connectivity index (χ1n) is 4.13. The van der Waals surface area contributed by atoms with Gasteiger partial charge in [-0.2, -0.15) is 0 Å². The maximum Gasteiger partial charge on any atom is 0.341 e. The van der Waals surface area contributed by atoms with Crippen molar-refractivity contribution < 1.29 is 19.0 Å². The first-order valence-corrected chi connectivity index (χ1v) is 4.13. The molecule has 0 aliphatic rings. The fraction of sp³-hybridized carbons (Fsp3) is 0.300. The number of carboxylic acid groups (broad SMARTS) is 1. The molecule has 1 N–H and O–H groups in total. The van der Waals surface area contributed by atoms with Crippen molar-refractivity contribution in [1.82, 2.24) is 0 Å². The molecular weight excluding hydrogens is 187 g/mol. The van der Waals surface area contributed by atoms with Crippen LogP contribution in [0.4, 0.5) is 4.39 Å². The lowest BCUT2D eigenvalue weighted by Gasteiger charge is -2.08. The van der Waals surface area contributed by atoms with Crippen LogP contribution in [-0.2, 0) is 11.5 Å². The fourth-order valence-electron chi connectivity index (χ4n) is 1.05. The van der Waals surface area contributed by atoms with Gasteiger partial charge in [0, 0.05) is 5.56 Å². The maximum atomic E-state index is 12.4. The minimum absolute atomic E-state index is 0.301. The minimum atomic E-state index is -1.07. The molecule has 1 rings (SSSR count). The van der Waals surface area contributed by atoms with Crippen LogP contribution < -0.4 is 4.74 Å². The van der Waals surface area contributed by atoms with Crippen molar-refractivity contribution in [1.29, 1.82) is 0 Å². The molecule has 0 saturated heterocycles. The van der Waals surface area contributed by atoms with Gasteiger partial charge in [-0.15, -0.1) is 0 Å². The Hall–Kier alpha value is -1.58. The third kappa shape index (κ3) is 2.73. The SMILES string of the molecule is Cc1ccc(CF)c(OCC(=O)O)c1. The van der Waals surface area contributed by atoms with Crippen molar-refractivity contribution in [3.8, 4) is 5.75 Å². The lowest BCUT2D eigenvalue weighted by molar-refractivity contribution is -0.139. The molecule has 14 heavy (non-hydrogen) atoms. The first kappa shape index (κ1) is 10.5. The van der Waals surface area contributed by atoms with E-state index in [-0.39, 0.29) is 0 Å². The Balaban J connectivity index is 2.82. The topological polar surface area (TPSA) is 46.5 Å². The lowest BCUT2D eigenvalue weighted by Crippen LogP contribution is -2.10. The second kappa shape index (κ2) is 4.60. The van der Waals surface area contributed by atoms with Crippen molar-refractivity contribution in [2.24, 2.45) is 0 Å². The first-order chi connectivity index (χ1) is 6.63. The summed E-state index contributed by atoms with van der Waals surface area (Å²) in [5, 5.41) is 8.39. The maximum absolute atomic E-state index is 12.4. The summed E-state index contributed by atoms with van der Waals surface area (Å²) in [6.45, 7) is 0.724. The number of hydrogen-bond acceptors (Lipinski definition) is 2. The zero-order valence-corrected chi connectivity index (χ0v) is 7.79. The van der Waals surface area contributed by atoms with Gasteiger partial charge in [-0.1, -0.05) is 12.1 Å². The van der Waals surface area contributed by atoms with Crippen LogP contribution in [-0.4, -0.2) is 17.7 Å². The van der Waals surface area contributed by atoms with Crippen LogP contribution in [0.15, 0.2) is 18.2 Å². The number of carbonyl (C=O) groups is 1. The van der Waals surface area contributed by atoms with E-state index in [1.54, 1.807) is 18.2 Å². The molecular formula is C10H11FO3. The van der Waals surface area contributed by atoms with Crippen LogP contribution in [0.3, 0.4) is 0 Å². The van der Waals surface area contributed by atoms with Crippen molar-refractivity contribution in [3.05, 3.63) is 29.3 Å². The van der Waals surface area contributed by atoms with E-state index >= 15 is 0 Å². The van der Waals surface area contributed by atoms with Gasteiger partial charge in [-0.3, -0.25) is 0 Å². The Morgan fingerprint density at radius 1 is 1.57 bits per heavy atom. The summed E-state index contributed by atoms with van der Waals surface area (Å²) >= 11 is 0. The Morgan fingerprint density at radius 2 is 2.29 bits per heavy atom. The van der Waals surface area contributed by atoms with E-state index in [0.29, 0.717) is 11.3 Å². The number of aryl methyl sites for hydroxylation is 1. The number of rotatable bonds is 4. The molecule has 0 heterocycles. The summed E-state index contributed by atoms with van der Waals surface area (Å²) in [5.41, 5.74) is 1.28. The molecule has 0 radical (unpaired) electrons. The van der Waals surface area contributed by atoms with Crippen LogP contribution in [0.25, 0.3) is 0 Å². The number of ether oxygens (including phenoxy) is 1. The van der Waals surface area contributed by atoms with E-state index < -0.39 is 19.3 Å². The van der Waals surface area contributed by atoms with Crippen molar-refractivity contribution in [3.63, 3.8) is 0 Å². The Bertz CT molecular complexity index is 336. The average molecular weight is 198 g/mol. The van der Waals surface area contributed by atoms with E-state index in [4.69, 9.17) is 9.84 Å². The molecule has 0 fully saturated rings. The molecule has 0 aliphatic carbocycles. The summed E-state index contributed by atoms with van der Waals surface area (Å²) in [7, 11) is 0. The average Bonchev–Trinajstić information content (AvgIpc) is 2.15. The zero-order chi connectivity index (χ0) is 10.6. The van der Waals surface area contributed by atoms with Crippen LogP contribution in [0.2, 0.25) is 0 Å². The summed E-state index contributed by atoms with van der Waals surface area (Å²) in [6.07, 6.45) is 0. The second-order valence-corrected chi connectivity index (χ2v) is 2.93. The van der Waals surface area contributed by atoms with Crippen molar-refractivity contribution in [2.45, 2.75) is 13.6 Å². The molecule has 3 nitrogen and oxygen atoms in total. The number of hydrogen-bond donors (Lipinski definition) is 1. The van der Waals surface area contributed by atoms with E-state index in [2.05, 4.69) is 0 Å². The van der Waals surface area contributed by atoms with Gasteiger partial charge in [0.2, 0.25) is 0 Å². The molecule has 1 aromatic carbocycles. The van der Waals surface area contributed by atoms with Crippen molar-refractivity contribution in [2.75, 3.05) is 6.61 Å². The monoisotopic (exact) mass is 198 g/mol. The highest BCUT2D eigenvalue weighted by Crippen LogP contribution is 2.21. The highest BCUT2D eigenvalue weighted by atomic mass is 19.1. The lowest BCUT2D eigenvalue weighted by atomic mass is 10.1. The van der Waals surface area contributed by atoms with Gasteiger partial charge in [-0.05, 0) is 18.6 Å². The normalized spacial score (nSPS) is 9.86. The molecule has 0 aliphatic heterocycles. The standard InChI is InChI=1S/C10H11FO3/c1-7-2-3-8(5-11)9(4-7)14-6-10(12)13/h2-4H,5-6H2,1H3,(H,12,13). The Kier molecular flexibility index (Phi) is 3.45. The molecule has 0 amide bonds. The second-order valence-electron chi connectivity index (χ2n) is 2.93. The van der Waals surface area contributed by atoms with Gasteiger partial charge in [0.15, 0.2) is 6.61 Å². The highest BCUT2D eigenvalue weighted by Gasteiger charge is 2.05. The van der Waals surface area contributed by atoms with Crippen LogP contribution >= 0.6 is 0 Å². The smallest absolute Gasteiger partial charge is 0.341 e. The van der Waals surface area contributed by atoms with Crippen LogP contribution in [0.5, 0.6) is 5.75 Å².